The SMILES string of the molecule is C=CC=CC(=O)N[C@@H](Cc1ccccc1)C(=O)N1CCCC[C@@H]1C. The Labute approximate surface area is 144 Å². The van der Waals surface area contributed by atoms with E-state index < -0.39 is 6.04 Å². The summed E-state index contributed by atoms with van der Waals surface area (Å²) in [6, 6.07) is 9.47. The molecule has 1 aliphatic heterocycles. The number of rotatable bonds is 6. The number of carbonyl (C=O) groups excluding carboxylic acids is 2. The molecule has 0 aliphatic carbocycles. The summed E-state index contributed by atoms with van der Waals surface area (Å²) >= 11 is 0. The van der Waals surface area contributed by atoms with Crippen molar-refractivity contribution in [2.75, 3.05) is 6.54 Å². The van der Waals surface area contributed by atoms with Crippen molar-refractivity contribution in [2.24, 2.45) is 0 Å². The molecule has 0 bridgehead atoms. The minimum Gasteiger partial charge on any atom is -0.340 e. The summed E-state index contributed by atoms with van der Waals surface area (Å²) in [7, 11) is 0. The minimum absolute atomic E-state index is 0.00593. The predicted molar refractivity (Wildman–Crippen MR) is 96.4 cm³/mol. The summed E-state index contributed by atoms with van der Waals surface area (Å²) in [5.41, 5.74) is 1.04. The maximum atomic E-state index is 13.0. The molecule has 0 spiro atoms. The van der Waals surface area contributed by atoms with Crippen LogP contribution < -0.4 is 5.32 Å². The lowest BCUT2D eigenvalue weighted by molar-refractivity contribution is -0.138. The highest BCUT2D eigenvalue weighted by atomic mass is 16.2. The van der Waals surface area contributed by atoms with Gasteiger partial charge < -0.3 is 10.2 Å². The van der Waals surface area contributed by atoms with Gasteiger partial charge in [0.2, 0.25) is 11.8 Å². The molecule has 1 aromatic carbocycles. The molecule has 2 atom stereocenters. The fourth-order valence-electron chi connectivity index (χ4n) is 3.05. The molecule has 128 valence electrons. The molecule has 2 rings (SSSR count). The van der Waals surface area contributed by atoms with E-state index in [1.54, 1.807) is 12.2 Å². The van der Waals surface area contributed by atoms with Gasteiger partial charge in [0.15, 0.2) is 0 Å². The number of amides is 2. The van der Waals surface area contributed by atoms with Crippen molar-refractivity contribution in [3.8, 4) is 0 Å². The van der Waals surface area contributed by atoms with Crippen molar-refractivity contribution in [1.29, 1.82) is 0 Å². The molecule has 1 heterocycles. The monoisotopic (exact) mass is 326 g/mol. The zero-order valence-corrected chi connectivity index (χ0v) is 14.3. The van der Waals surface area contributed by atoms with E-state index in [0.717, 1.165) is 31.4 Å². The third-order valence-corrected chi connectivity index (χ3v) is 4.37. The van der Waals surface area contributed by atoms with Crippen molar-refractivity contribution < 1.29 is 9.59 Å². The number of likely N-dealkylation sites (tertiary alicyclic amines) is 1. The Morgan fingerprint density at radius 3 is 2.75 bits per heavy atom. The van der Waals surface area contributed by atoms with Crippen LogP contribution in [0.3, 0.4) is 0 Å². The largest absolute Gasteiger partial charge is 0.340 e. The average molecular weight is 326 g/mol. The quantitative estimate of drug-likeness (QED) is 0.645. The second-order valence-corrected chi connectivity index (χ2v) is 6.22. The third-order valence-electron chi connectivity index (χ3n) is 4.37. The highest BCUT2D eigenvalue weighted by Crippen LogP contribution is 2.18. The molecule has 0 radical (unpaired) electrons. The summed E-state index contributed by atoms with van der Waals surface area (Å²) < 4.78 is 0. The van der Waals surface area contributed by atoms with Crippen molar-refractivity contribution in [3.63, 3.8) is 0 Å². The Morgan fingerprint density at radius 2 is 2.08 bits per heavy atom. The van der Waals surface area contributed by atoms with Gasteiger partial charge in [-0.3, -0.25) is 9.59 Å². The molecule has 0 saturated carbocycles. The van der Waals surface area contributed by atoms with Crippen molar-refractivity contribution in [1.82, 2.24) is 10.2 Å². The Bertz CT molecular complexity index is 595. The van der Waals surface area contributed by atoms with Crippen LogP contribution in [-0.2, 0) is 16.0 Å². The van der Waals surface area contributed by atoms with Crippen LogP contribution in [0.1, 0.15) is 31.7 Å². The number of allylic oxidation sites excluding steroid dienone is 2. The maximum absolute atomic E-state index is 13.0. The van der Waals surface area contributed by atoms with Crippen LogP contribution >= 0.6 is 0 Å². The topological polar surface area (TPSA) is 49.4 Å². The van der Waals surface area contributed by atoms with E-state index >= 15 is 0 Å². The number of nitrogens with zero attached hydrogens (tertiary/aromatic N) is 1. The molecule has 1 fully saturated rings. The Hall–Kier alpha value is -2.36. The lowest BCUT2D eigenvalue weighted by Crippen LogP contribution is -2.53. The van der Waals surface area contributed by atoms with Gasteiger partial charge in [-0.2, -0.15) is 0 Å². The van der Waals surface area contributed by atoms with E-state index in [-0.39, 0.29) is 17.9 Å². The van der Waals surface area contributed by atoms with E-state index in [1.165, 1.54) is 6.08 Å². The molecular weight excluding hydrogens is 300 g/mol. The smallest absolute Gasteiger partial charge is 0.245 e. The Morgan fingerprint density at radius 1 is 1.33 bits per heavy atom. The first-order valence-electron chi connectivity index (χ1n) is 8.56. The Kier molecular flexibility index (Phi) is 6.79. The van der Waals surface area contributed by atoms with E-state index in [1.807, 2.05) is 35.2 Å². The van der Waals surface area contributed by atoms with Gasteiger partial charge in [0.1, 0.15) is 6.04 Å². The van der Waals surface area contributed by atoms with E-state index in [9.17, 15) is 9.59 Å². The van der Waals surface area contributed by atoms with Crippen molar-refractivity contribution in [3.05, 3.63) is 60.7 Å². The van der Waals surface area contributed by atoms with Gasteiger partial charge in [-0.15, -0.1) is 0 Å². The first kappa shape index (κ1) is 18.0. The van der Waals surface area contributed by atoms with Gasteiger partial charge in [-0.25, -0.2) is 0 Å². The summed E-state index contributed by atoms with van der Waals surface area (Å²) in [6.45, 7) is 6.40. The number of nitrogens with one attached hydrogen (secondary N) is 1. The molecule has 4 heteroatoms. The second-order valence-electron chi connectivity index (χ2n) is 6.22. The minimum atomic E-state index is -0.546. The van der Waals surface area contributed by atoms with E-state index in [2.05, 4.69) is 18.8 Å². The summed E-state index contributed by atoms with van der Waals surface area (Å²) in [5, 5.41) is 2.85. The molecule has 4 nitrogen and oxygen atoms in total. The van der Waals surface area contributed by atoms with Gasteiger partial charge in [0.05, 0.1) is 0 Å². The highest BCUT2D eigenvalue weighted by Gasteiger charge is 2.30. The first-order chi connectivity index (χ1) is 11.6. The normalized spacial score (nSPS) is 19.0. The van der Waals surface area contributed by atoms with E-state index in [4.69, 9.17) is 0 Å². The number of carbonyl (C=O) groups is 2. The fourth-order valence-corrected chi connectivity index (χ4v) is 3.05. The van der Waals surface area contributed by atoms with Crippen molar-refractivity contribution >= 4 is 11.8 Å². The molecular formula is C20H26N2O2. The van der Waals surface area contributed by atoms with Gasteiger partial charge in [0, 0.05) is 25.1 Å². The number of benzene rings is 1. The first-order valence-corrected chi connectivity index (χ1v) is 8.56. The average Bonchev–Trinajstić information content (AvgIpc) is 2.60. The van der Waals surface area contributed by atoms with Gasteiger partial charge in [-0.05, 0) is 31.7 Å². The lowest BCUT2D eigenvalue weighted by atomic mass is 9.99. The van der Waals surface area contributed by atoms with E-state index in [0.29, 0.717) is 6.42 Å². The van der Waals surface area contributed by atoms with Crippen LogP contribution in [0.15, 0.2) is 55.1 Å². The standard InChI is InChI=1S/C20H26N2O2/c1-3-4-13-19(23)21-18(15-17-11-6-5-7-12-17)20(24)22-14-9-8-10-16(22)2/h3-7,11-13,16,18H,1,8-10,14-15H2,2H3,(H,21,23)/t16-,18-/m0/s1. The maximum Gasteiger partial charge on any atom is 0.245 e. The van der Waals surface area contributed by atoms with Crippen LogP contribution in [0.2, 0.25) is 0 Å². The van der Waals surface area contributed by atoms with Crippen LogP contribution in [0.5, 0.6) is 0 Å². The molecule has 1 N–H and O–H groups in total. The van der Waals surface area contributed by atoms with Gasteiger partial charge >= 0.3 is 0 Å². The molecule has 1 saturated heterocycles. The number of hydrogen-bond donors (Lipinski definition) is 1. The van der Waals surface area contributed by atoms with Crippen LogP contribution in [0, 0.1) is 0 Å². The number of piperidine rings is 1. The fraction of sp³-hybridized carbons (Fsp3) is 0.400. The van der Waals surface area contributed by atoms with Gasteiger partial charge in [-0.1, -0.05) is 49.1 Å². The molecule has 1 aliphatic rings. The molecule has 1 aromatic rings. The number of hydrogen-bond acceptors (Lipinski definition) is 2. The Balaban J connectivity index is 2.14. The van der Waals surface area contributed by atoms with Gasteiger partial charge in [0.25, 0.3) is 0 Å². The zero-order chi connectivity index (χ0) is 17.4. The van der Waals surface area contributed by atoms with Crippen LogP contribution in [-0.4, -0.2) is 35.3 Å². The molecule has 24 heavy (non-hydrogen) atoms. The summed E-state index contributed by atoms with van der Waals surface area (Å²) in [4.78, 5) is 27.0. The molecule has 0 unspecified atom stereocenters. The lowest BCUT2D eigenvalue weighted by Gasteiger charge is -2.36. The zero-order valence-electron chi connectivity index (χ0n) is 14.3. The van der Waals surface area contributed by atoms with Crippen molar-refractivity contribution in [2.45, 2.75) is 44.7 Å². The highest BCUT2D eigenvalue weighted by molar-refractivity contribution is 5.93. The summed E-state index contributed by atoms with van der Waals surface area (Å²) in [6.07, 6.45) is 8.22. The van der Waals surface area contributed by atoms with Crippen LogP contribution in [0.4, 0.5) is 0 Å². The predicted octanol–water partition coefficient (Wildman–Crippen LogP) is 2.86. The summed E-state index contributed by atoms with van der Waals surface area (Å²) in [5.74, 6) is -0.264. The molecule has 2 amide bonds. The van der Waals surface area contributed by atoms with Crippen LogP contribution in [0.25, 0.3) is 0 Å². The third kappa shape index (κ3) is 5.08. The second kappa shape index (κ2) is 9.06. The molecule has 0 aromatic heterocycles.